The van der Waals surface area contributed by atoms with Crippen molar-refractivity contribution < 1.29 is 9.90 Å². The summed E-state index contributed by atoms with van der Waals surface area (Å²) >= 11 is 0. The molecule has 0 saturated carbocycles. The molecule has 4 rings (SSSR count). The molecular weight excluding hydrogens is 292 g/mol. The second-order valence-electron chi connectivity index (χ2n) is 6.09. The predicted molar refractivity (Wildman–Crippen MR) is 86.4 cm³/mol. The van der Waals surface area contributed by atoms with Crippen molar-refractivity contribution in [2.24, 2.45) is 7.05 Å². The largest absolute Gasteiger partial charge is 0.480 e. The smallest absolute Gasteiger partial charge is 0.321 e. The number of H-pyrrole nitrogens is 1. The van der Waals surface area contributed by atoms with E-state index in [0.717, 1.165) is 33.5 Å². The van der Waals surface area contributed by atoms with Gasteiger partial charge < -0.3 is 10.1 Å². The van der Waals surface area contributed by atoms with Crippen molar-refractivity contribution in [1.82, 2.24) is 20.1 Å². The lowest BCUT2D eigenvalue weighted by Gasteiger charge is -2.28. The molecule has 0 amide bonds. The standard InChI is InChI=1S/C17H18N4O2/c1-9-7-13(20-21(9)2)16-15-11(8-14(19-16)17(22)23)10-5-3-4-6-12(10)18-15/h3-7,14,16,18-19H,8H2,1-2H3,(H,22,23)/t14-,16-/m0/s1. The lowest BCUT2D eigenvalue weighted by atomic mass is 9.92. The van der Waals surface area contributed by atoms with E-state index < -0.39 is 12.0 Å². The van der Waals surface area contributed by atoms with E-state index in [2.05, 4.69) is 15.4 Å². The fourth-order valence-electron chi connectivity index (χ4n) is 3.36. The number of carboxylic acids is 1. The Morgan fingerprint density at radius 1 is 1.39 bits per heavy atom. The molecule has 2 aromatic heterocycles. The van der Waals surface area contributed by atoms with E-state index in [1.165, 1.54) is 0 Å². The van der Waals surface area contributed by atoms with Gasteiger partial charge in [0.1, 0.15) is 6.04 Å². The summed E-state index contributed by atoms with van der Waals surface area (Å²) < 4.78 is 1.81. The van der Waals surface area contributed by atoms with Crippen LogP contribution in [0.4, 0.5) is 0 Å². The number of aliphatic carboxylic acids is 1. The molecular formula is C17H18N4O2. The van der Waals surface area contributed by atoms with Crippen LogP contribution in [0, 0.1) is 6.92 Å². The van der Waals surface area contributed by atoms with Gasteiger partial charge in [0, 0.05) is 35.8 Å². The van der Waals surface area contributed by atoms with Crippen molar-refractivity contribution in [2.75, 3.05) is 0 Å². The molecule has 6 nitrogen and oxygen atoms in total. The molecule has 0 fully saturated rings. The minimum Gasteiger partial charge on any atom is -0.480 e. The van der Waals surface area contributed by atoms with Gasteiger partial charge in [0.2, 0.25) is 0 Å². The minimum atomic E-state index is -0.835. The number of nitrogens with zero attached hydrogens (tertiary/aromatic N) is 2. The molecule has 0 saturated heterocycles. The van der Waals surface area contributed by atoms with Crippen molar-refractivity contribution in [3.8, 4) is 0 Å². The number of hydrogen-bond acceptors (Lipinski definition) is 3. The van der Waals surface area contributed by atoms with Gasteiger partial charge in [-0.1, -0.05) is 18.2 Å². The number of nitrogens with one attached hydrogen (secondary N) is 2. The first-order valence-electron chi connectivity index (χ1n) is 7.63. The molecule has 0 spiro atoms. The molecule has 23 heavy (non-hydrogen) atoms. The first-order chi connectivity index (χ1) is 11.0. The van der Waals surface area contributed by atoms with E-state index in [1.807, 2.05) is 49.0 Å². The highest BCUT2D eigenvalue weighted by Crippen LogP contribution is 2.34. The van der Waals surface area contributed by atoms with Gasteiger partial charge in [0.05, 0.1) is 11.7 Å². The topological polar surface area (TPSA) is 82.9 Å². The summed E-state index contributed by atoms with van der Waals surface area (Å²) in [4.78, 5) is 15.0. The molecule has 0 aliphatic carbocycles. The quantitative estimate of drug-likeness (QED) is 0.675. The number of carboxylic acid groups (broad SMARTS) is 1. The molecule has 3 N–H and O–H groups in total. The van der Waals surface area contributed by atoms with Crippen LogP contribution >= 0.6 is 0 Å². The number of rotatable bonds is 2. The highest BCUT2D eigenvalue weighted by atomic mass is 16.4. The minimum absolute atomic E-state index is 0.243. The molecule has 6 heteroatoms. The van der Waals surface area contributed by atoms with E-state index in [0.29, 0.717) is 6.42 Å². The fraction of sp³-hybridized carbons (Fsp3) is 0.294. The SMILES string of the molecule is Cc1cc([C@@H]2N[C@H](C(=O)O)Cc3c2[nH]c2ccccc32)nn1C. The molecule has 1 aliphatic rings. The second kappa shape index (κ2) is 4.96. The molecule has 118 valence electrons. The average Bonchev–Trinajstić information content (AvgIpc) is 3.07. The average molecular weight is 310 g/mol. The Hall–Kier alpha value is -2.60. The van der Waals surface area contributed by atoms with Crippen LogP contribution in [0.1, 0.15) is 28.7 Å². The Bertz CT molecular complexity index is 889. The Morgan fingerprint density at radius 3 is 2.87 bits per heavy atom. The summed E-state index contributed by atoms with van der Waals surface area (Å²) in [7, 11) is 1.89. The number of aromatic nitrogens is 3. The van der Waals surface area contributed by atoms with Crippen LogP contribution in [-0.4, -0.2) is 31.9 Å². The molecule has 0 bridgehead atoms. The molecule has 1 aliphatic heterocycles. The van der Waals surface area contributed by atoms with E-state index in [1.54, 1.807) is 0 Å². The predicted octanol–water partition coefficient (Wildman–Crippen LogP) is 1.90. The van der Waals surface area contributed by atoms with Gasteiger partial charge in [-0.15, -0.1) is 0 Å². The van der Waals surface area contributed by atoms with E-state index in [-0.39, 0.29) is 6.04 Å². The third kappa shape index (κ3) is 2.14. The van der Waals surface area contributed by atoms with Crippen molar-refractivity contribution in [1.29, 1.82) is 0 Å². The number of aryl methyl sites for hydroxylation is 2. The van der Waals surface area contributed by atoms with Crippen LogP contribution in [0.25, 0.3) is 10.9 Å². The normalized spacial score (nSPS) is 20.6. The third-order valence-electron chi connectivity index (χ3n) is 4.64. The van der Waals surface area contributed by atoms with E-state index >= 15 is 0 Å². The number of benzene rings is 1. The zero-order valence-corrected chi connectivity index (χ0v) is 13.0. The van der Waals surface area contributed by atoms with Gasteiger partial charge in [-0.2, -0.15) is 5.10 Å². The van der Waals surface area contributed by atoms with E-state index in [4.69, 9.17) is 0 Å². The van der Waals surface area contributed by atoms with Gasteiger partial charge in [0.15, 0.2) is 0 Å². The zero-order chi connectivity index (χ0) is 16.1. The third-order valence-corrected chi connectivity index (χ3v) is 4.64. The maximum atomic E-state index is 11.6. The van der Waals surface area contributed by atoms with Crippen LogP contribution < -0.4 is 5.32 Å². The van der Waals surface area contributed by atoms with Crippen molar-refractivity contribution in [3.05, 3.63) is 53.0 Å². The Kier molecular flexibility index (Phi) is 3.02. The Balaban J connectivity index is 1.91. The molecule has 3 heterocycles. The van der Waals surface area contributed by atoms with Gasteiger partial charge in [-0.3, -0.25) is 14.8 Å². The van der Waals surface area contributed by atoms with Crippen LogP contribution in [0.5, 0.6) is 0 Å². The van der Waals surface area contributed by atoms with Crippen molar-refractivity contribution in [2.45, 2.75) is 25.4 Å². The Morgan fingerprint density at radius 2 is 2.17 bits per heavy atom. The van der Waals surface area contributed by atoms with Crippen molar-refractivity contribution in [3.63, 3.8) is 0 Å². The van der Waals surface area contributed by atoms with Gasteiger partial charge in [-0.05, 0) is 24.6 Å². The fourth-order valence-corrected chi connectivity index (χ4v) is 3.36. The van der Waals surface area contributed by atoms with E-state index in [9.17, 15) is 9.90 Å². The van der Waals surface area contributed by atoms with Crippen LogP contribution in [0.15, 0.2) is 30.3 Å². The number of hydrogen-bond donors (Lipinski definition) is 3. The number of para-hydroxylation sites is 1. The summed E-state index contributed by atoms with van der Waals surface area (Å²) in [6.45, 7) is 1.99. The highest BCUT2D eigenvalue weighted by Gasteiger charge is 2.35. The maximum Gasteiger partial charge on any atom is 0.321 e. The zero-order valence-electron chi connectivity index (χ0n) is 13.0. The summed E-state index contributed by atoms with van der Waals surface area (Å²) in [6, 6.07) is 9.15. The lowest BCUT2D eigenvalue weighted by molar-refractivity contribution is -0.139. The molecule has 0 radical (unpaired) electrons. The second-order valence-corrected chi connectivity index (χ2v) is 6.09. The monoisotopic (exact) mass is 310 g/mol. The maximum absolute atomic E-state index is 11.6. The summed E-state index contributed by atoms with van der Waals surface area (Å²) in [5.74, 6) is -0.835. The van der Waals surface area contributed by atoms with Gasteiger partial charge in [0.25, 0.3) is 0 Å². The summed E-state index contributed by atoms with van der Waals surface area (Å²) in [5, 5.41) is 18.3. The highest BCUT2D eigenvalue weighted by molar-refractivity contribution is 5.87. The van der Waals surface area contributed by atoms with Crippen LogP contribution in [-0.2, 0) is 18.3 Å². The van der Waals surface area contributed by atoms with Crippen molar-refractivity contribution >= 4 is 16.9 Å². The van der Waals surface area contributed by atoms with Gasteiger partial charge >= 0.3 is 5.97 Å². The summed E-state index contributed by atoms with van der Waals surface area (Å²) in [5.41, 5.74) is 4.99. The molecule has 1 aromatic carbocycles. The number of carbonyl (C=O) groups is 1. The first kappa shape index (κ1) is 14.0. The lowest BCUT2D eigenvalue weighted by Crippen LogP contribution is -2.45. The molecule has 3 aromatic rings. The van der Waals surface area contributed by atoms with Crippen LogP contribution in [0.2, 0.25) is 0 Å². The van der Waals surface area contributed by atoms with Crippen LogP contribution in [0.3, 0.4) is 0 Å². The van der Waals surface area contributed by atoms with Gasteiger partial charge in [-0.25, -0.2) is 0 Å². The number of aromatic amines is 1. The summed E-state index contributed by atoms with van der Waals surface area (Å²) in [6.07, 6.45) is 0.469. The first-order valence-corrected chi connectivity index (χ1v) is 7.63. The Labute approximate surface area is 133 Å². The number of fused-ring (bicyclic) bond motifs is 3. The molecule has 2 atom stereocenters. The molecule has 0 unspecified atom stereocenters.